The molecule has 1 unspecified atom stereocenters. The Morgan fingerprint density at radius 1 is 1.10 bits per heavy atom. The molecular weight excluding hydrogens is 416 g/mol. The Morgan fingerprint density at radius 3 is 2.58 bits per heavy atom. The monoisotopic (exact) mass is 442 g/mol. The summed E-state index contributed by atoms with van der Waals surface area (Å²) in [7, 11) is 0. The number of amides is 3. The van der Waals surface area contributed by atoms with Crippen molar-refractivity contribution in [1.82, 2.24) is 25.9 Å². The Hall–Kier alpha value is -3.14. The number of aryl methyl sites for hydroxylation is 2. The number of rotatable bonds is 1. The molecule has 2 aromatic rings. The zero-order chi connectivity index (χ0) is 22.5. The zero-order valence-electron chi connectivity index (χ0n) is 17.7. The Balaban J connectivity index is 1.98. The lowest BCUT2D eigenvalue weighted by molar-refractivity contribution is -0.128. The van der Waals surface area contributed by atoms with Gasteiger partial charge in [-0.2, -0.15) is 0 Å². The van der Waals surface area contributed by atoms with E-state index in [1.54, 1.807) is 6.07 Å². The number of nitrogens with zero attached hydrogens (tertiary/aromatic N) is 2. The first-order valence-electron chi connectivity index (χ1n) is 9.96. The van der Waals surface area contributed by atoms with Crippen molar-refractivity contribution in [3.63, 3.8) is 0 Å². The van der Waals surface area contributed by atoms with Gasteiger partial charge in [0.15, 0.2) is 0 Å². The highest BCUT2D eigenvalue weighted by molar-refractivity contribution is 7.99. The Morgan fingerprint density at radius 2 is 1.84 bits per heavy atom. The molecule has 164 valence electrons. The summed E-state index contributed by atoms with van der Waals surface area (Å²) in [6.45, 7) is 5.81. The number of anilines is 1. The third-order valence-corrected chi connectivity index (χ3v) is 5.79. The molecule has 0 radical (unpaired) electrons. The van der Waals surface area contributed by atoms with E-state index in [-0.39, 0.29) is 36.6 Å². The molecular formula is C21H26N6O3S. The second-order valence-electron chi connectivity index (χ2n) is 7.37. The summed E-state index contributed by atoms with van der Waals surface area (Å²) in [6, 6.07) is 4.84. The van der Waals surface area contributed by atoms with Crippen LogP contribution in [-0.4, -0.2) is 52.6 Å². The standard InChI is InChI=1S/C21H26N6O3S/c1-11-8-12(2)15-9-14(11)17-10-18(27-21(22)26-17)31-7-6-24-20(30)16(25-13(3)28)4-5-23-19(15)29/h8-10,16H,4-7H2,1-3H3,(H,23,29)(H,24,30)(H,25,28)(H2,22,26,27). The number of hydrogen-bond donors (Lipinski definition) is 4. The first-order valence-corrected chi connectivity index (χ1v) is 10.9. The van der Waals surface area contributed by atoms with Gasteiger partial charge in [-0.15, -0.1) is 11.8 Å². The number of carbonyl (C=O) groups is 3. The minimum absolute atomic E-state index is 0.141. The molecule has 5 N–H and O–H groups in total. The van der Waals surface area contributed by atoms with Crippen molar-refractivity contribution < 1.29 is 14.4 Å². The Labute approximate surface area is 185 Å². The summed E-state index contributed by atoms with van der Waals surface area (Å²) in [5.74, 6) is -0.151. The van der Waals surface area contributed by atoms with Crippen molar-refractivity contribution in [3.05, 3.63) is 34.9 Å². The summed E-state index contributed by atoms with van der Waals surface area (Å²) in [5.41, 5.74) is 9.69. The van der Waals surface area contributed by atoms with Gasteiger partial charge in [0.2, 0.25) is 17.8 Å². The van der Waals surface area contributed by atoms with Gasteiger partial charge in [0.1, 0.15) is 11.1 Å². The predicted octanol–water partition coefficient (Wildman–Crippen LogP) is 1.19. The summed E-state index contributed by atoms with van der Waals surface area (Å²) in [6.07, 6.45) is 0.279. The number of aromatic nitrogens is 2. The first-order chi connectivity index (χ1) is 14.7. The lowest BCUT2D eigenvalue weighted by Gasteiger charge is -2.19. The van der Waals surface area contributed by atoms with E-state index < -0.39 is 6.04 Å². The molecule has 4 bridgehead atoms. The normalized spacial score (nSPS) is 17.5. The van der Waals surface area contributed by atoms with Crippen molar-refractivity contribution in [2.75, 3.05) is 24.6 Å². The molecule has 0 saturated heterocycles. The average molecular weight is 443 g/mol. The molecule has 1 aliphatic heterocycles. The second kappa shape index (κ2) is 9.78. The molecule has 0 spiro atoms. The average Bonchev–Trinajstić information content (AvgIpc) is 2.69. The van der Waals surface area contributed by atoms with Crippen molar-refractivity contribution in [2.24, 2.45) is 0 Å². The van der Waals surface area contributed by atoms with Crippen LogP contribution in [0.4, 0.5) is 5.95 Å². The molecule has 1 aliphatic rings. The maximum absolute atomic E-state index is 12.8. The van der Waals surface area contributed by atoms with Crippen LogP contribution in [0.5, 0.6) is 0 Å². The first kappa shape index (κ1) is 22.5. The van der Waals surface area contributed by atoms with E-state index in [4.69, 9.17) is 5.73 Å². The van der Waals surface area contributed by atoms with E-state index in [0.29, 0.717) is 28.6 Å². The number of thioether (sulfide) groups is 1. The maximum atomic E-state index is 12.8. The molecule has 0 aliphatic carbocycles. The summed E-state index contributed by atoms with van der Waals surface area (Å²) in [5, 5.41) is 8.97. The van der Waals surface area contributed by atoms with Crippen LogP contribution in [0.2, 0.25) is 0 Å². The summed E-state index contributed by atoms with van der Waals surface area (Å²) >= 11 is 1.44. The van der Waals surface area contributed by atoms with Gasteiger partial charge < -0.3 is 21.7 Å². The van der Waals surface area contributed by atoms with Crippen LogP contribution in [-0.2, 0) is 9.59 Å². The minimum atomic E-state index is -0.730. The second-order valence-corrected chi connectivity index (χ2v) is 8.48. The highest BCUT2D eigenvalue weighted by atomic mass is 32.2. The molecule has 2 heterocycles. The molecule has 31 heavy (non-hydrogen) atoms. The fourth-order valence-electron chi connectivity index (χ4n) is 3.42. The molecule has 1 atom stereocenters. The highest BCUT2D eigenvalue weighted by Crippen LogP contribution is 2.28. The largest absolute Gasteiger partial charge is 0.368 e. The van der Waals surface area contributed by atoms with Crippen molar-refractivity contribution in [3.8, 4) is 11.3 Å². The van der Waals surface area contributed by atoms with Gasteiger partial charge in [-0.05, 0) is 43.5 Å². The molecule has 3 rings (SSSR count). The molecule has 1 aromatic heterocycles. The van der Waals surface area contributed by atoms with Gasteiger partial charge in [-0.3, -0.25) is 14.4 Å². The highest BCUT2D eigenvalue weighted by Gasteiger charge is 2.21. The maximum Gasteiger partial charge on any atom is 0.251 e. The number of benzene rings is 1. The number of hydrogen-bond acceptors (Lipinski definition) is 7. The van der Waals surface area contributed by atoms with Gasteiger partial charge in [-0.25, -0.2) is 9.97 Å². The Bertz CT molecular complexity index is 1030. The van der Waals surface area contributed by atoms with Gasteiger partial charge in [-0.1, -0.05) is 6.07 Å². The molecule has 0 fully saturated rings. The van der Waals surface area contributed by atoms with Gasteiger partial charge >= 0.3 is 0 Å². The number of fused-ring (bicyclic) bond motifs is 5. The van der Waals surface area contributed by atoms with E-state index in [1.807, 2.05) is 26.0 Å². The fourth-order valence-corrected chi connectivity index (χ4v) is 4.19. The number of nitrogens with two attached hydrogens (primary N) is 1. The number of carbonyl (C=O) groups excluding carboxylic acids is 3. The molecule has 1 aromatic carbocycles. The Kier molecular flexibility index (Phi) is 7.11. The van der Waals surface area contributed by atoms with E-state index in [2.05, 4.69) is 25.9 Å². The molecule has 10 heteroatoms. The quantitative estimate of drug-likeness (QED) is 0.487. The molecule has 3 amide bonds. The molecule has 9 nitrogen and oxygen atoms in total. The lowest BCUT2D eigenvalue weighted by atomic mass is 9.97. The van der Waals surface area contributed by atoms with Crippen LogP contribution in [0.3, 0.4) is 0 Å². The predicted molar refractivity (Wildman–Crippen MR) is 120 cm³/mol. The number of nitrogen functional groups attached to an aromatic ring is 1. The molecule has 0 saturated carbocycles. The van der Waals surface area contributed by atoms with E-state index in [1.165, 1.54) is 18.7 Å². The smallest absolute Gasteiger partial charge is 0.251 e. The van der Waals surface area contributed by atoms with Crippen LogP contribution >= 0.6 is 11.8 Å². The van der Waals surface area contributed by atoms with Gasteiger partial charge in [0, 0.05) is 36.9 Å². The van der Waals surface area contributed by atoms with Crippen molar-refractivity contribution in [2.45, 2.75) is 38.3 Å². The lowest BCUT2D eigenvalue weighted by Crippen LogP contribution is -2.48. The third-order valence-electron chi connectivity index (χ3n) is 4.88. The fraction of sp³-hybridized carbons (Fsp3) is 0.381. The summed E-state index contributed by atoms with van der Waals surface area (Å²) in [4.78, 5) is 45.5. The third kappa shape index (κ3) is 5.72. The topological polar surface area (TPSA) is 139 Å². The van der Waals surface area contributed by atoms with Crippen LogP contribution in [0, 0.1) is 13.8 Å². The van der Waals surface area contributed by atoms with Gasteiger partial charge in [0.25, 0.3) is 5.91 Å². The van der Waals surface area contributed by atoms with Crippen LogP contribution in [0.15, 0.2) is 23.2 Å². The van der Waals surface area contributed by atoms with E-state index in [0.717, 1.165) is 16.7 Å². The van der Waals surface area contributed by atoms with Crippen LogP contribution in [0.25, 0.3) is 11.3 Å². The number of nitrogens with one attached hydrogen (secondary N) is 3. The van der Waals surface area contributed by atoms with E-state index >= 15 is 0 Å². The zero-order valence-corrected chi connectivity index (χ0v) is 18.6. The minimum Gasteiger partial charge on any atom is -0.368 e. The van der Waals surface area contributed by atoms with Crippen LogP contribution < -0.4 is 21.7 Å². The van der Waals surface area contributed by atoms with Crippen molar-refractivity contribution >= 4 is 35.4 Å². The van der Waals surface area contributed by atoms with Gasteiger partial charge in [0.05, 0.1) is 5.69 Å². The van der Waals surface area contributed by atoms with Crippen molar-refractivity contribution in [1.29, 1.82) is 0 Å². The summed E-state index contributed by atoms with van der Waals surface area (Å²) < 4.78 is 0. The van der Waals surface area contributed by atoms with Crippen LogP contribution in [0.1, 0.15) is 34.8 Å². The van der Waals surface area contributed by atoms with E-state index in [9.17, 15) is 14.4 Å². The SMILES string of the molecule is CC(=O)NC1CCNC(=O)c2cc(c(C)cc2C)-c2cc(nc(N)n2)SCCNC1=O.